The van der Waals surface area contributed by atoms with Crippen LogP contribution in [0.15, 0.2) is 28.7 Å². The van der Waals surface area contributed by atoms with E-state index in [0.29, 0.717) is 17.1 Å². The van der Waals surface area contributed by atoms with Gasteiger partial charge in [0.05, 0.1) is 7.05 Å². The van der Waals surface area contributed by atoms with Gasteiger partial charge in [0.25, 0.3) is 0 Å². The molecule has 0 saturated heterocycles. The number of carbonyl (C=O) groups is 1. The summed E-state index contributed by atoms with van der Waals surface area (Å²) in [7, 11) is 1.63. The Morgan fingerprint density at radius 3 is 3.05 bits per heavy atom. The van der Waals surface area contributed by atoms with Crippen molar-refractivity contribution < 1.29 is 13.9 Å². The van der Waals surface area contributed by atoms with Crippen LogP contribution in [0.5, 0.6) is 0 Å². The second-order valence-electron chi connectivity index (χ2n) is 4.18. The first-order valence-electron chi connectivity index (χ1n) is 5.81. The van der Waals surface area contributed by atoms with Gasteiger partial charge in [-0.1, -0.05) is 0 Å². The first-order chi connectivity index (χ1) is 9.61. The molecule has 0 spiro atoms. The predicted molar refractivity (Wildman–Crippen MR) is 68.5 cm³/mol. The van der Waals surface area contributed by atoms with E-state index in [1.165, 1.54) is 4.80 Å². The summed E-state index contributed by atoms with van der Waals surface area (Å²) in [6.45, 7) is -0.0636. The number of ether oxygens (including phenoxy) is 1. The zero-order valence-electron chi connectivity index (χ0n) is 10.6. The number of anilines is 1. The van der Waals surface area contributed by atoms with Gasteiger partial charge in [-0.3, -0.25) is 0 Å². The van der Waals surface area contributed by atoms with Crippen molar-refractivity contribution in [2.75, 3.05) is 5.73 Å². The Morgan fingerprint density at radius 2 is 2.30 bits per heavy atom. The Bertz CT molecular complexity index is 776. The second-order valence-corrected chi connectivity index (χ2v) is 4.18. The third kappa shape index (κ3) is 2.30. The van der Waals surface area contributed by atoms with Gasteiger partial charge in [0.15, 0.2) is 6.61 Å². The van der Waals surface area contributed by atoms with Gasteiger partial charge in [-0.2, -0.15) is 4.80 Å². The normalized spacial score (nSPS) is 10.8. The second kappa shape index (κ2) is 4.65. The van der Waals surface area contributed by atoms with Crippen molar-refractivity contribution in [3.05, 3.63) is 35.9 Å². The number of hydrogen-bond acceptors (Lipinski definition) is 7. The molecule has 0 aliphatic rings. The first kappa shape index (κ1) is 12.2. The summed E-state index contributed by atoms with van der Waals surface area (Å²) in [4.78, 5) is 13.1. The minimum absolute atomic E-state index is 0.0636. The lowest BCUT2D eigenvalue weighted by Crippen LogP contribution is -2.05. The van der Waals surface area contributed by atoms with Crippen LogP contribution in [0.3, 0.4) is 0 Å². The zero-order chi connectivity index (χ0) is 14.1. The van der Waals surface area contributed by atoms with Crippen LogP contribution in [0, 0.1) is 0 Å². The van der Waals surface area contributed by atoms with Gasteiger partial charge >= 0.3 is 5.97 Å². The molecule has 102 valence electrons. The molecular formula is C12H11N5O3. The Kier molecular flexibility index (Phi) is 2.82. The summed E-state index contributed by atoms with van der Waals surface area (Å²) < 4.78 is 10.4. The van der Waals surface area contributed by atoms with Gasteiger partial charge in [0, 0.05) is 11.1 Å². The molecule has 2 N–H and O–H groups in total. The molecular weight excluding hydrogens is 262 g/mol. The number of benzene rings is 1. The Labute approximate surface area is 113 Å². The van der Waals surface area contributed by atoms with Crippen molar-refractivity contribution in [1.82, 2.24) is 20.2 Å². The first-order valence-corrected chi connectivity index (χ1v) is 5.81. The van der Waals surface area contributed by atoms with E-state index in [9.17, 15) is 4.79 Å². The number of aryl methyl sites for hydroxylation is 1. The molecule has 0 aliphatic heterocycles. The largest absolute Gasteiger partial charge is 0.451 e. The van der Waals surface area contributed by atoms with Crippen molar-refractivity contribution in [3.63, 3.8) is 0 Å². The van der Waals surface area contributed by atoms with Crippen molar-refractivity contribution >= 4 is 22.6 Å². The number of nitrogens with zero attached hydrogens (tertiary/aromatic N) is 4. The van der Waals surface area contributed by atoms with Crippen molar-refractivity contribution in [3.8, 4) is 0 Å². The summed E-state index contributed by atoms with van der Waals surface area (Å²) in [6.07, 6.45) is 0. The van der Waals surface area contributed by atoms with Crippen molar-refractivity contribution in [2.45, 2.75) is 6.61 Å². The fourth-order valence-corrected chi connectivity index (χ4v) is 1.74. The van der Waals surface area contributed by atoms with Crippen LogP contribution < -0.4 is 5.73 Å². The fraction of sp³-hybridized carbons (Fsp3) is 0.167. The molecule has 3 rings (SSSR count). The summed E-state index contributed by atoms with van der Waals surface area (Å²) in [5.41, 5.74) is 6.83. The number of nitrogen functional groups attached to an aromatic ring is 1. The summed E-state index contributed by atoms with van der Waals surface area (Å²) >= 11 is 0. The van der Waals surface area contributed by atoms with Gasteiger partial charge in [-0.15, -0.1) is 10.2 Å². The molecule has 0 radical (unpaired) electrons. The molecule has 8 nitrogen and oxygen atoms in total. The molecule has 0 unspecified atom stereocenters. The highest BCUT2D eigenvalue weighted by Crippen LogP contribution is 2.22. The van der Waals surface area contributed by atoms with E-state index in [0.717, 1.165) is 5.39 Å². The maximum Gasteiger partial charge on any atom is 0.374 e. The monoisotopic (exact) mass is 273 g/mol. The Hall–Kier alpha value is -2.90. The van der Waals surface area contributed by atoms with Crippen molar-refractivity contribution in [2.24, 2.45) is 7.05 Å². The highest BCUT2D eigenvalue weighted by Gasteiger charge is 2.15. The average Bonchev–Trinajstić information content (AvgIpc) is 3.01. The maximum absolute atomic E-state index is 11.8. The van der Waals surface area contributed by atoms with Crippen LogP contribution in [0.2, 0.25) is 0 Å². The van der Waals surface area contributed by atoms with Crippen LogP contribution in [0.25, 0.3) is 11.0 Å². The van der Waals surface area contributed by atoms with Crippen LogP contribution >= 0.6 is 0 Å². The molecule has 3 aromatic rings. The van der Waals surface area contributed by atoms with E-state index in [2.05, 4.69) is 15.4 Å². The van der Waals surface area contributed by atoms with Crippen LogP contribution in [-0.4, -0.2) is 26.2 Å². The van der Waals surface area contributed by atoms with E-state index in [1.807, 2.05) is 0 Å². The number of furan rings is 1. The topological polar surface area (TPSA) is 109 Å². The standard InChI is InChI=1S/C12H11N5O3/c1-17-15-11(14-16-17)6-19-12(18)10-5-7-4-8(13)2-3-9(7)20-10/h2-5H,6,13H2,1H3. The highest BCUT2D eigenvalue weighted by molar-refractivity contribution is 5.93. The van der Waals surface area contributed by atoms with E-state index in [4.69, 9.17) is 14.9 Å². The lowest BCUT2D eigenvalue weighted by atomic mass is 10.2. The van der Waals surface area contributed by atoms with E-state index in [1.54, 1.807) is 31.3 Å². The van der Waals surface area contributed by atoms with Crippen LogP contribution in [-0.2, 0) is 18.4 Å². The zero-order valence-corrected chi connectivity index (χ0v) is 10.6. The molecule has 2 heterocycles. The van der Waals surface area contributed by atoms with Crippen LogP contribution in [0.4, 0.5) is 5.69 Å². The Morgan fingerprint density at radius 1 is 1.45 bits per heavy atom. The third-order valence-electron chi connectivity index (χ3n) is 2.62. The molecule has 0 bridgehead atoms. The van der Waals surface area contributed by atoms with Gasteiger partial charge in [-0.05, 0) is 29.5 Å². The molecule has 0 atom stereocenters. The van der Waals surface area contributed by atoms with E-state index >= 15 is 0 Å². The predicted octanol–water partition coefficient (Wildman–Crippen LogP) is 0.896. The summed E-state index contributed by atoms with van der Waals surface area (Å²) in [5.74, 6) is -0.164. The third-order valence-corrected chi connectivity index (χ3v) is 2.62. The number of rotatable bonds is 3. The molecule has 20 heavy (non-hydrogen) atoms. The molecule has 2 aromatic heterocycles. The highest BCUT2D eigenvalue weighted by atomic mass is 16.5. The Balaban J connectivity index is 1.75. The van der Waals surface area contributed by atoms with E-state index in [-0.39, 0.29) is 12.4 Å². The number of carbonyl (C=O) groups excluding carboxylic acids is 1. The number of aromatic nitrogens is 4. The summed E-state index contributed by atoms with van der Waals surface area (Å²) in [5, 5.41) is 12.0. The SMILES string of the molecule is Cn1nnc(COC(=O)c2cc3cc(N)ccc3o2)n1. The molecule has 1 aromatic carbocycles. The van der Waals surface area contributed by atoms with Gasteiger partial charge in [-0.25, -0.2) is 4.79 Å². The molecule has 0 saturated carbocycles. The van der Waals surface area contributed by atoms with Gasteiger partial charge < -0.3 is 14.9 Å². The molecule has 0 amide bonds. The fourth-order valence-electron chi connectivity index (χ4n) is 1.74. The summed E-state index contributed by atoms with van der Waals surface area (Å²) in [6, 6.07) is 6.70. The number of hydrogen-bond donors (Lipinski definition) is 1. The lowest BCUT2D eigenvalue weighted by Gasteiger charge is -1.97. The number of tetrazole rings is 1. The minimum atomic E-state index is -0.591. The van der Waals surface area contributed by atoms with Gasteiger partial charge in [0.2, 0.25) is 11.6 Å². The minimum Gasteiger partial charge on any atom is -0.451 e. The number of esters is 1. The molecule has 0 aliphatic carbocycles. The van der Waals surface area contributed by atoms with E-state index < -0.39 is 5.97 Å². The quantitative estimate of drug-likeness (QED) is 0.557. The molecule has 8 heteroatoms. The number of nitrogens with two attached hydrogens (primary N) is 1. The average molecular weight is 273 g/mol. The number of fused-ring (bicyclic) bond motifs is 1. The van der Waals surface area contributed by atoms with Gasteiger partial charge in [0.1, 0.15) is 5.58 Å². The molecule has 0 fully saturated rings. The smallest absolute Gasteiger partial charge is 0.374 e. The maximum atomic E-state index is 11.8. The van der Waals surface area contributed by atoms with Crippen LogP contribution in [0.1, 0.15) is 16.4 Å². The van der Waals surface area contributed by atoms with Crippen molar-refractivity contribution in [1.29, 1.82) is 0 Å². The lowest BCUT2D eigenvalue weighted by molar-refractivity contribution is 0.0428.